The molecular weight excluding hydrogens is 394 g/mol. The van der Waals surface area contributed by atoms with Crippen LogP contribution in [0.2, 0.25) is 0 Å². The number of ether oxygens (including phenoxy) is 2. The summed E-state index contributed by atoms with van der Waals surface area (Å²) in [6.45, 7) is 5.91. The molecule has 0 atom stereocenters. The van der Waals surface area contributed by atoms with E-state index in [2.05, 4.69) is 11.8 Å². The Labute approximate surface area is 173 Å². The van der Waals surface area contributed by atoms with Crippen LogP contribution in [-0.2, 0) is 14.8 Å². The van der Waals surface area contributed by atoms with E-state index in [1.54, 1.807) is 17.0 Å². The minimum Gasteiger partial charge on any atom is -0.497 e. The Kier molecular flexibility index (Phi) is 7.02. The van der Waals surface area contributed by atoms with Gasteiger partial charge < -0.3 is 14.4 Å². The summed E-state index contributed by atoms with van der Waals surface area (Å²) in [7, 11) is -0.805. The number of methoxy groups -OCH3 is 2. The summed E-state index contributed by atoms with van der Waals surface area (Å²) in [5, 5.41) is 0. The van der Waals surface area contributed by atoms with Gasteiger partial charge in [-0.2, -0.15) is 4.31 Å². The third-order valence-corrected chi connectivity index (χ3v) is 7.73. The zero-order valence-corrected chi connectivity index (χ0v) is 18.3. The van der Waals surface area contributed by atoms with E-state index in [-0.39, 0.29) is 29.6 Å². The van der Waals surface area contributed by atoms with Gasteiger partial charge in [0.15, 0.2) is 0 Å². The summed E-state index contributed by atoms with van der Waals surface area (Å²) in [5.41, 5.74) is 0. The second-order valence-electron chi connectivity index (χ2n) is 7.76. The van der Waals surface area contributed by atoms with E-state index in [9.17, 15) is 13.2 Å². The lowest BCUT2D eigenvalue weighted by Gasteiger charge is -2.36. The van der Waals surface area contributed by atoms with Crippen LogP contribution in [0.1, 0.15) is 19.8 Å². The van der Waals surface area contributed by atoms with E-state index in [0.717, 1.165) is 31.8 Å². The lowest BCUT2D eigenvalue weighted by atomic mass is 9.99. The number of piperidine rings is 1. The first-order valence-electron chi connectivity index (χ1n) is 10.1. The molecule has 1 amide bonds. The SMILES string of the molecule is COc1ccc(OC)c(S(=O)(=O)N2CCN(C(=O)CN3CCC(C)CC3)CC2)c1. The summed E-state index contributed by atoms with van der Waals surface area (Å²) in [6.07, 6.45) is 2.25. The highest BCUT2D eigenvalue weighted by Gasteiger charge is 2.33. The van der Waals surface area contributed by atoms with E-state index < -0.39 is 10.0 Å². The number of amides is 1. The summed E-state index contributed by atoms with van der Waals surface area (Å²) in [6, 6.07) is 4.73. The molecule has 2 heterocycles. The standard InChI is InChI=1S/C20H31N3O5S/c1-16-6-8-21(9-7-16)15-20(24)22-10-12-23(13-11-22)29(25,26)19-14-17(27-2)4-5-18(19)28-3/h4-5,14,16H,6-13,15H2,1-3H3. The van der Waals surface area contributed by atoms with E-state index in [1.165, 1.54) is 24.6 Å². The number of benzene rings is 1. The van der Waals surface area contributed by atoms with Gasteiger partial charge in [0.1, 0.15) is 16.4 Å². The minimum atomic E-state index is -3.74. The van der Waals surface area contributed by atoms with Gasteiger partial charge in [0.25, 0.3) is 0 Å². The van der Waals surface area contributed by atoms with Crippen molar-refractivity contribution in [2.45, 2.75) is 24.7 Å². The van der Waals surface area contributed by atoms with Crippen LogP contribution in [0.4, 0.5) is 0 Å². The van der Waals surface area contributed by atoms with Crippen LogP contribution in [0.25, 0.3) is 0 Å². The Morgan fingerprint density at radius 1 is 1.03 bits per heavy atom. The fourth-order valence-corrected chi connectivity index (χ4v) is 5.41. The van der Waals surface area contributed by atoms with Gasteiger partial charge in [-0.3, -0.25) is 9.69 Å². The molecule has 0 N–H and O–H groups in total. The number of carbonyl (C=O) groups is 1. The van der Waals surface area contributed by atoms with Gasteiger partial charge in [-0.25, -0.2) is 8.42 Å². The Morgan fingerprint density at radius 2 is 1.69 bits per heavy atom. The summed E-state index contributed by atoms with van der Waals surface area (Å²) < 4.78 is 38.1. The molecule has 0 spiro atoms. The lowest BCUT2D eigenvalue weighted by Crippen LogP contribution is -2.53. The van der Waals surface area contributed by atoms with Crippen molar-refractivity contribution in [3.63, 3.8) is 0 Å². The highest BCUT2D eigenvalue weighted by atomic mass is 32.2. The molecule has 0 unspecified atom stereocenters. The van der Waals surface area contributed by atoms with Gasteiger partial charge in [0.05, 0.1) is 20.8 Å². The van der Waals surface area contributed by atoms with Gasteiger partial charge >= 0.3 is 0 Å². The van der Waals surface area contributed by atoms with Gasteiger partial charge in [-0.1, -0.05) is 6.92 Å². The van der Waals surface area contributed by atoms with Crippen molar-refractivity contribution < 1.29 is 22.7 Å². The number of carbonyl (C=O) groups excluding carboxylic acids is 1. The fraction of sp³-hybridized carbons (Fsp3) is 0.650. The van der Waals surface area contributed by atoms with Crippen LogP contribution in [-0.4, -0.2) is 88.5 Å². The van der Waals surface area contributed by atoms with Crippen LogP contribution < -0.4 is 9.47 Å². The van der Waals surface area contributed by atoms with Crippen molar-refractivity contribution in [3.8, 4) is 11.5 Å². The quantitative estimate of drug-likeness (QED) is 0.683. The second-order valence-corrected chi connectivity index (χ2v) is 9.67. The predicted molar refractivity (Wildman–Crippen MR) is 110 cm³/mol. The third-order valence-electron chi connectivity index (χ3n) is 5.82. The molecule has 162 valence electrons. The van der Waals surface area contributed by atoms with E-state index in [1.807, 2.05) is 0 Å². The van der Waals surface area contributed by atoms with Crippen LogP contribution in [0.15, 0.2) is 23.1 Å². The van der Waals surface area contributed by atoms with Crippen molar-refractivity contribution in [2.75, 3.05) is 60.0 Å². The first-order chi connectivity index (χ1) is 13.8. The van der Waals surface area contributed by atoms with E-state index in [0.29, 0.717) is 25.4 Å². The molecule has 0 radical (unpaired) electrons. The molecule has 29 heavy (non-hydrogen) atoms. The molecule has 0 bridgehead atoms. The molecule has 0 saturated carbocycles. The number of hydrogen-bond acceptors (Lipinski definition) is 6. The lowest BCUT2D eigenvalue weighted by molar-refractivity contribution is -0.133. The molecule has 0 aromatic heterocycles. The number of rotatable bonds is 6. The first kappa shape index (κ1) is 21.9. The van der Waals surface area contributed by atoms with Crippen LogP contribution in [0.3, 0.4) is 0 Å². The average Bonchev–Trinajstić information content (AvgIpc) is 2.74. The summed E-state index contributed by atoms with van der Waals surface area (Å²) in [4.78, 5) is 16.7. The zero-order valence-electron chi connectivity index (χ0n) is 17.5. The largest absolute Gasteiger partial charge is 0.497 e. The van der Waals surface area contributed by atoms with E-state index in [4.69, 9.17) is 9.47 Å². The van der Waals surface area contributed by atoms with Crippen molar-refractivity contribution in [3.05, 3.63) is 18.2 Å². The molecule has 3 rings (SSSR count). The fourth-order valence-electron chi connectivity index (χ4n) is 3.81. The molecule has 2 fully saturated rings. The maximum absolute atomic E-state index is 13.1. The molecule has 2 saturated heterocycles. The van der Waals surface area contributed by atoms with Crippen LogP contribution in [0.5, 0.6) is 11.5 Å². The van der Waals surface area contributed by atoms with Crippen LogP contribution in [0, 0.1) is 5.92 Å². The average molecular weight is 426 g/mol. The highest BCUT2D eigenvalue weighted by Crippen LogP contribution is 2.31. The summed E-state index contributed by atoms with van der Waals surface area (Å²) in [5.74, 6) is 1.54. The predicted octanol–water partition coefficient (Wildman–Crippen LogP) is 1.27. The van der Waals surface area contributed by atoms with Crippen LogP contribution >= 0.6 is 0 Å². The molecule has 8 nitrogen and oxygen atoms in total. The Bertz CT molecular complexity index is 813. The van der Waals surface area contributed by atoms with Crippen molar-refractivity contribution in [1.29, 1.82) is 0 Å². The molecular formula is C20H31N3O5S. The third kappa shape index (κ3) is 5.02. The molecule has 2 aliphatic rings. The maximum atomic E-state index is 13.1. The normalized spacial score (nSPS) is 19.9. The number of sulfonamides is 1. The maximum Gasteiger partial charge on any atom is 0.247 e. The van der Waals surface area contributed by atoms with Gasteiger partial charge in [-0.05, 0) is 44.0 Å². The topological polar surface area (TPSA) is 79.4 Å². The molecule has 1 aromatic rings. The smallest absolute Gasteiger partial charge is 0.247 e. The van der Waals surface area contributed by atoms with Crippen molar-refractivity contribution in [1.82, 2.24) is 14.1 Å². The number of piperazine rings is 1. The second kappa shape index (κ2) is 9.32. The Hall–Kier alpha value is -1.84. The zero-order chi connectivity index (χ0) is 21.0. The monoisotopic (exact) mass is 425 g/mol. The van der Waals surface area contributed by atoms with Crippen molar-refractivity contribution in [2.24, 2.45) is 5.92 Å². The molecule has 1 aromatic carbocycles. The van der Waals surface area contributed by atoms with Crippen molar-refractivity contribution >= 4 is 15.9 Å². The van der Waals surface area contributed by atoms with Gasteiger partial charge in [0, 0.05) is 32.2 Å². The first-order valence-corrected chi connectivity index (χ1v) is 11.5. The number of likely N-dealkylation sites (tertiary alicyclic amines) is 1. The number of hydrogen-bond donors (Lipinski definition) is 0. The molecule has 2 aliphatic heterocycles. The minimum absolute atomic E-state index is 0.0792. The Morgan fingerprint density at radius 3 is 2.28 bits per heavy atom. The molecule has 9 heteroatoms. The Balaban J connectivity index is 1.62. The van der Waals surface area contributed by atoms with Gasteiger partial charge in [0.2, 0.25) is 15.9 Å². The van der Waals surface area contributed by atoms with Gasteiger partial charge in [-0.15, -0.1) is 0 Å². The number of nitrogens with zero attached hydrogens (tertiary/aromatic N) is 3. The highest BCUT2D eigenvalue weighted by molar-refractivity contribution is 7.89. The van der Waals surface area contributed by atoms with E-state index >= 15 is 0 Å². The molecule has 0 aliphatic carbocycles. The summed E-state index contributed by atoms with van der Waals surface area (Å²) >= 11 is 0.